The molecule has 3 heterocycles. The van der Waals surface area contributed by atoms with Crippen LogP contribution in [-0.4, -0.2) is 40.1 Å². The van der Waals surface area contributed by atoms with Gasteiger partial charge in [0.1, 0.15) is 0 Å². The van der Waals surface area contributed by atoms with Crippen LogP contribution in [0.2, 0.25) is 0 Å². The molecule has 6 heteroatoms. The molecule has 1 N–H and O–H groups in total. The van der Waals surface area contributed by atoms with Gasteiger partial charge >= 0.3 is 0 Å². The maximum atomic E-state index is 11.5. The number of nitrogens with one attached hydrogen (secondary N) is 1. The van der Waals surface area contributed by atoms with Gasteiger partial charge in [0.05, 0.1) is 6.54 Å². The molecule has 2 aliphatic heterocycles. The summed E-state index contributed by atoms with van der Waals surface area (Å²) in [5, 5.41) is 7.16. The standard InChI is InChI=1S/C17H20N4O2/c22-16-7-6-13-9-21(10-14(13)18-16)11-17-19-15(20-23-17)8-12-4-2-1-3-5-12/h1-5,13-14H,6-11H2,(H,18,22). The molecular weight excluding hydrogens is 292 g/mol. The summed E-state index contributed by atoms with van der Waals surface area (Å²) in [7, 11) is 0. The first-order chi connectivity index (χ1) is 11.3. The molecule has 2 aliphatic rings. The van der Waals surface area contributed by atoms with Crippen LogP contribution in [0.1, 0.15) is 30.1 Å². The Morgan fingerprint density at radius 3 is 3.00 bits per heavy atom. The van der Waals surface area contributed by atoms with Crippen LogP contribution in [0.25, 0.3) is 0 Å². The Balaban J connectivity index is 1.36. The molecule has 1 amide bonds. The predicted molar refractivity (Wildman–Crippen MR) is 83.5 cm³/mol. The van der Waals surface area contributed by atoms with Gasteiger partial charge in [0.2, 0.25) is 11.8 Å². The van der Waals surface area contributed by atoms with Crippen molar-refractivity contribution >= 4 is 5.91 Å². The summed E-state index contributed by atoms with van der Waals surface area (Å²) in [4.78, 5) is 18.3. The van der Waals surface area contributed by atoms with Crippen molar-refractivity contribution in [2.45, 2.75) is 31.8 Å². The van der Waals surface area contributed by atoms with Crippen LogP contribution in [0.15, 0.2) is 34.9 Å². The maximum Gasteiger partial charge on any atom is 0.240 e. The Hall–Kier alpha value is -2.21. The number of benzene rings is 1. The van der Waals surface area contributed by atoms with Crippen molar-refractivity contribution in [3.8, 4) is 0 Å². The van der Waals surface area contributed by atoms with Crippen LogP contribution >= 0.6 is 0 Å². The topological polar surface area (TPSA) is 71.3 Å². The average molecular weight is 312 g/mol. The fourth-order valence-corrected chi connectivity index (χ4v) is 3.54. The molecule has 6 nitrogen and oxygen atoms in total. The van der Waals surface area contributed by atoms with Gasteiger partial charge in [0.25, 0.3) is 0 Å². The van der Waals surface area contributed by atoms with Crippen LogP contribution in [0.3, 0.4) is 0 Å². The molecule has 23 heavy (non-hydrogen) atoms. The molecule has 0 spiro atoms. The quantitative estimate of drug-likeness (QED) is 0.923. The first kappa shape index (κ1) is 14.4. The van der Waals surface area contributed by atoms with Gasteiger partial charge in [-0.3, -0.25) is 9.69 Å². The zero-order chi connectivity index (χ0) is 15.6. The van der Waals surface area contributed by atoms with Crippen LogP contribution in [-0.2, 0) is 17.8 Å². The lowest BCUT2D eigenvalue weighted by molar-refractivity contribution is -0.123. The smallest absolute Gasteiger partial charge is 0.240 e. The summed E-state index contributed by atoms with van der Waals surface area (Å²) < 4.78 is 5.38. The summed E-state index contributed by atoms with van der Waals surface area (Å²) in [5.41, 5.74) is 1.18. The third kappa shape index (κ3) is 3.27. The normalized spacial score (nSPS) is 24.4. The molecule has 0 radical (unpaired) electrons. The van der Waals surface area contributed by atoms with E-state index in [-0.39, 0.29) is 11.9 Å². The number of carbonyl (C=O) groups is 1. The van der Waals surface area contributed by atoms with Crippen LogP contribution < -0.4 is 5.32 Å². The monoisotopic (exact) mass is 312 g/mol. The number of amides is 1. The SMILES string of the molecule is O=C1CCC2CN(Cc3nc(Cc4ccccc4)no3)CC2N1. The number of likely N-dealkylation sites (tertiary alicyclic amines) is 1. The lowest BCUT2D eigenvalue weighted by Gasteiger charge is -2.24. The van der Waals surface area contributed by atoms with Crippen molar-refractivity contribution < 1.29 is 9.32 Å². The second-order valence-electron chi connectivity index (χ2n) is 6.43. The Morgan fingerprint density at radius 1 is 1.26 bits per heavy atom. The van der Waals surface area contributed by atoms with Gasteiger partial charge in [0.15, 0.2) is 5.82 Å². The van der Waals surface area contributed by atoms with E-state index in [2.05, 4.69) is 32.5 Å². The van der Waals surface area contributed by atoms with Crippen molar-refractivity contribution in [3.63, 3.8) is 0 Å². The minimum atomic E-state index is 0.177. The summed E-state index contributed by atoms with van der Waals surface area (Å²) in [6, 6.07) is 10.4. The number of fused-ring (bicyclic) bond motifs is 1. The van der Waals surface area contributed by atoms with Gasteiger partial charge < -0.3 is 9.84 Å². The molecule has 2 unspecified atom stereocenters. The maximum absolute atomic E-state index is 11.5. The molecule has 4 rings (SSSR count). The number of hydrogen-bond acceptors (Lipinski definition) is 5. The molecule has 0 saturated carbocycles. The Kier molecular flexibility index (Phi) is 3.83. The Bertz CT molecular complexity index is 685. The molecular formula is C17H20N4O2. The largest absolute Gasteiger partial charge is 0.352 e. The van der Waals surface area contributed by atoms with E-state index >= 15 is 0 Å². The van der Waals surface area contributed by atoms with Crippen LogP contribution in [0.4, 0.5) is 0 Å². The minimum Gasteiger partial charge on any atom is -0.352 e. The summed E-state index contributed by atoms with van der Waals surface area (Å²) >= 11 is 0. The van der Waals surface area contributed by atoms with Crippen molar-refractivity contribution in [3.05, 3.63) is 47.6 Å². The van der Waals surface area contributed by atoms with E-state index in [1.807, 2.05) is 18.2 Å². The highest BCUT2D eigenvalue weighted by Crippen LogP contribution is 2.26. The number of hydrogen-bond donors (Lipinski definition) is 1. The molecule has 1 aromatic carbocycles. The fourth-order valence-electron chi connectivity index (χ4n) is 3.54. The number of nitrogens with zero attached hydrogens (tertiary/aromatic N) is 3. The van der Waals surface area contributed by atoms with Gasteiger partial charge in [0, 0.05) is 32.0 Å². The second-order valence-corrected chi connectivity index (χ2v) is 6.43. The molecule has 2 fully saturated rings. The lowest BCUT2D eigenvalue weighted by Crippen LogP contribution is -2.44. The lowest BCUT2D eigenvalue weighted by atomic mass is 9.94. The van der Waals surface area contributed by atoms with Crippen LogP contribution in [0, 0.1) is 5.92 Å². The third-order valence-corrected chi connectivity index (χ3v) is 4.68. The van der Waals surface area contributed by atoms with Gasteiger partial charge in [-0.1, -0.05) is 35.5 Å². The van der Waals surface area contributed by atoms with E-state index in [1.54, 1.807) is 0 Å². The third-order valence-electron chi connectivity index (χ3n) is 4.68. The predicted octanol–water partition coefficient (Wildman–Crippen LogP) is 1.37. The van der Waals surface area contributed by atoms with E-state index in [0.29, 0.717) is 31.2 Å². The molecule has 120 valence electrons. The highest BCUT2D eigenvalue weighted by Gasteiger charge is 2.37. The van der Waals surface area contributed by atoms with E-state index in [0.717, 1.165) is 25.3 Å². The van der Waals surface area contributed by atoms with E-state index in [1.165, 1.54) is 5.56 Å². The highest BCUT2D eigenvalue weighted by molar-refractivity contribution is 5.77. The first-order valence-electron chi connectivity index (χ1n) is 8.13. The molecule has 2 atom stereocenters. The van der Waals surface area contributed by atoms with Gasteiger partial charge in [-0.2, -0.15) is 4.98 Å². The van der Waals surface area contributed by atoms with Crippen LogP contribution in [0.5, 0.6) is 0 Å². The molecule has 0 bridgehead atoms. The van der Waals surface area contributed by atoms with Gasteiger partial charge in [-0.05, 0) is 17.9 Å². The Morgan fingerprint density at radius 2 is 2.13 bits per heavy atom. The van der Waals surface area contributed by atoms with Crippen molar-refractivity contribution in [1.82, 2.24) is 20.4 Å². The molecule has 2 aromatic rings. The van der Waals surface area contributed by atoms with E-state index < -0.39 is 0 Å². The number of carbonyl (C=O) groups excluding carboxylic acids is 1. The van der Waals surface area contributed by atoms with Gasteiger partial charge in [-0.15, -0.1) is 0 Å². The summed E-state index contributed by atoms with van der Waals surface area (Å²) in [6.45, 7) is 2.51. The minimum absolute atomic E-state index is 0.177. The van der Waals surface area contributed by atoms with Crippen molar-refractivity contribution in [2.24, 2.45) is 5.92 Å². The number of piperidine rings is 1. The average Bonchev–Trinajstić information content (AvgIpc) is 3.14. The van der Waals surface area contributed by atoms with Crippen molar-refractivity contribution in [1.29, 1.82) is 0 Å². The first-order valence-corrected chi connectivity index (χ1v) is 8.13. The fraction of sp³-hybridized carbons (Fsp3) is 0.471. The summed E-state index contributed by atoms with van der Waals surface area (Å²) in [6.07, 6.45) is 2.32. The zero-order valence-electron chi connectivity index (χ0n) is 12.9. The molecule has 2 saturated heterocycles. The highest BCUT2D eigenvalue weighted by atomic mass is 16.5. The van der Waals surface area contributed by atoms with E-state index in [9.17, 15) is 4.79 Å². The Labute approximate surface area is 134 Å². The zero-order valence-corrected chi connectivity index (χ0v) is 12.9. The number of aromatic nitrogens is 2. The van der Waals surface area contributed by atoms with Gasteiger partial charge in [-0.25, -0.2) is 0 Å². The van der Waals surface area contributed by atoms with Crippen molar-refractivity contribution in [2.75, 3.05) is 13.1 Å². The molecule has 0 aliphatic carbocycles. The molecule has 1 aromatic heterocycles. The number of rotatable bonds is 4. The second kappa shape index (κ2) is 6.12. The van der Waals surface area contributed by atoms with E-state index in [4.69, 9.17) is 4.52 Å². The summed E-state index contributed by atoms with van der Waals surface area (Å²) in [5.74, 6) is 2.10.